The molecule has 6 heteroatoms. The van der Waals surface area contributed by atoms with Gasteiger partial charge >= 0.3 is 5.97 Å². The molecule has 1 fully saturated rings. The zero-order chi connectivity index (χ0) is 18.2. The molecule has 2 aliphatic rings. The largest absolute Gasteiger partial charge is 0.465 e. The van der Waals surface area contributed by atoms with E-state index in [2.05, 4.69) is 18.7 Å². The fourth-order valence-corrected chi connectivity index (χ4v) is 4.06. The van der Waals surface area contributed by atoms with Crippen molar-refractivity contribution in [3.63, 3.8) is 0 Å². The Hall–Kier alpha value is -2.08. The molecule has 0 bridgehead atoms. The molecule has 25 heavy (non-hydrogen) atoms. The first-order valence-electron chi connectivity index (χ1n) is 8.76. The molecule has 6 nitrogen and oxygen atoms in total. The van der Waals surface area contributed by atoms with Crippen molar-refractivity contribution in [1.29, 1.82) is 0 Å². The van der Waals surface area contributed by atoms with Crippen LogP contribution in [0.2, 0.25) is 0 Å². The minimum absolute atomic E-state index is 0.125. The zero-order valence-corrected chi connectivity index (χ0v) is 15.4. The third-order valence-corrected chi connectivity index (χ3v) is 5.10. The molecule has 2 aliphatic heterocycles. The van der Waals surface area contributed by atoms with Crippen molar-refractivity contribution >= 4 is 17.6 Å². The number of morpholine rings is 1. The van der Waals surface area contributed by atoms with Crippen LogP contribution in [-0.2, 0) is 20.7 Å². The molecule has 1 aromatic rings. The highest BCUT2D eigenvalue weighted by atomic mass is 16.5. The highest BCUT2D eigenvalue weighted by molar-refractivity contribution is 5.95. The Bertz CT molecular complexity index is 682. The van der Waals surface area contributed by atoms with Crippen LogP contribution >= 0.6 is 0 Å². The van der Waals surface area contributed by atoms with Crippen LogP contribution in [0.1, 0.15) is 36.7 Å². The van der Waals surface area contributed by atoms with Gasteiger partial charge in [-0.1, -0.05) is 0 Å². The van der Waals surface area contributed by atoms with E-state index in [1.807, 2.05) is 24.0 Å². The van der Waals surface area contributed by atoms with Gasteiger partial charge in [-0.05, 0) is 44.5 Å². The molecular weight excluding hydrogens is 320 g/mol. The van der Waals surface area contributed by atoms with E-state index in [0.29, 0.717) is 38.3 Å². The van der Waals surface area contributed by atoms with Gasteiger partial charge in [0.15, 0.2) is 0 Å². The normalized spacial score (nSPS) is 22.9. The molecule has 1 saturated heterocycles. The number of benzene rings is 1. The number of amides is 1. The lowest BCUT2D eigenvalue weighted by Crippen LogP contribution is -2.60. The van der Waals surface area contributed by atoms with Crippen LogP contribution in [0.25, 0.3) is 0 Å². The molecule has 1 atom stereocenters. The second kappa shape index (κ2) is 6.67. The fraction of sp³-hybridized carbons (Fsp3) is 0.579. The van der Waals surface area contributed by atoms with E-state index in [1.54, 1.807) is 6.07 Å². The van der Waals surface area contributed by atoms with Crippen LogP contribution in [0, 0.1) is 0 Å². The number of methoxy groups -OCH3 is 1. The van der Waals surface area contributed by atoms with Crippen LogP contribution in [0.15, 0.2) is 18.2 Å². The Morgan fingerprint density at radius 3 is 2.52 bits per heavy atom. The molecule has 3 rings (SSSR count). The number of ether oxygens (including phenoxy) is 2. The van der Waals surface area contributed by atoms with Gasteiger partial charge in [-0.15, -0.1) is 0 Å². The Labute approximate surface area is 148 Å². The van der Waals surface area contributed by atoms with Gasteiger partial charge in [-0.3, -0.25) is 4.79 Å². The van der Waals surface area contributed by atoms with E-state index < -0.39 is 5.54 Å². The first-order chi connectivity index (χ1) is 11.9. The van der Waals surface area contributed by atoms with Crippen LogP contribution in [0.3, 0.4) is 0 Å². The smallest absolute Gasteiger partial charge is 0.337 e. The van der Waals surface area contributed by atoms with Crippen molar-refractivity contribution in [2.45, 2.75) is 38.8 Å². The van der Waals surface area contributed by atoms with Gasteiger partial charge < -0.3 is 19.3 Å². The zero-order valence-electron chi connectivity index (χ0n) is 15.4. The number of esters is 1. The summed E-state index contributed by atoms with van der Waals surface area (Å²) in [7, 11) is 1.38. The summed E-state index contributed by atoms with van der Waals surface area (Å²) in [6.45, 7) is 8.62. The van der Waals surface area contributed by atoms with Crippen molar-refractivity contribution in [2.24, 2.45) is 0 Å². The Kier molecular flexibility index (Phi) is 4.73. The summed E-state index contributed by atoms with van der Waals surface area (Å²) in [6.07, 6.45) is 0.585. The van der Waals surface area contributed by atoms with Crippen LogP contribution in [0.4, 0.5) is 5.69 Å². The average molecular weight is 346 g/mol. The first-order valence-corrected chi connectivity index (χ1v) is 8.76. The quantitative estimate of drug-likeness (QED) is 0.782. The van der Waals surface area contributed by atoms with Crippen LogP contribution in [-0.4, -0.2) is 61.8 Å². The van der Waals surface area contributed by atoms with Gasteiger partial charge in [-0.2, -0.15) is 0 Å². The monoisotopic (exact) mass is 346 g/mol. The minimum atomic E-state index is -0.650. The van der Waals surface area contributed by atoms with Gasteiger partial charge in [0.05, 0.1) is 25.9 Å². The number of hydrogen-bond acceptors (Lipinski definition) is 5. The molecule has 0 saturated carbocycles. The van der Waals surface area contributed by atoms with Crippen molar-refractivity contribution in [2.75, 3.05) is 38.3 Å². The maximum atomic E-state index is 13.3. The van der Waals surface area contributed by atoms with E-state index in [0.717, 1.165) is 11.3 Å². The molecule has 0 radical (unpaired) electrons. The number of nitrogens with zero attached hydrogens (tertiary/aromatic N) is 2. The van der Waals surface area contributed by atoms with Crippen molar-refractivity contribution in [1.82, 2.24) is 4.90 Å². The lowest BCUT2D eigenvalue weighted by atomic mass is 9.93. The maximum Gasteiger partial charge on any atom is 0.337 e. The van der Waals surface area contributed by atoms with Gasteiger partial charge in [0.2, 0.25) is 5.91 Å². The number of carbonyl (C=O) groups is 2. The number of fused-ring (bicyclic) bond motifs is 1. The molecule has 2 heterocycles. The average Bonchev–Trinajstić information content (AvgIpc) is 2.93. The SMILES string of the molecule is COC(=O)c1ccc2c(c1)CC(C)(C(=O)N1CCOCC1)N2C(C)C. The number of carbonyl (C=O) groups excluding carboxylic acids is 2. The van der Waals surface area contributed by atoms with Gasteiger partial charge in [0.1, 0.15) is 5.54 Å². The predicted molar refractivity (Wildman–Crippen MR) is 94.9 cm³/mol. The van der Waals surface area contributed by atoms with Crippen molar-refractivity contribution < 1.29 is 19.1 Å². The van der Waals surface area contributed by atoms with E-state index in [-0.39, 0.29) is 17.9 Å². The van der Waals surface area contributed by atoms with E-state index in [4.69, 9.17) is 9.47 Å². The second-order valence-corrected chi connectivity index (χ2v) is 7.15. The number of rotatable bonds is 3. The molecule has 136 valence electrons. The van der Waals surface area contributed by atoms with Gasteiger partial charge in [0.25, 0.3) is 0 Å². The summed E-state index contributed by atoms with van der Waals surface area (Å²) in [5.74, 6) is -0.229. The summed E-state index contributed by atoms with van der Waals surface area (Å²) < 4.78 is 10.2. The summed E-state index contributed by atoms with van der Waals surface area (Å²) in [6, 6.07) is 5.72. The fourth-order valence-electron chi connectivity index (χ4n) is 4.06. The van der Waals surface area contributed by atoms with Crippen molar-refractivity contribution in [3.8, 4) is 0 Å². The Balaban J connectivity index is 1.96. The third kappa shape index (κ3) is 2.99. The van der Waals surface area contributed by atoms with Crippen LogP contribution in [0.5, 0.6) is 0 Å². The summed E-state index contributed by atoms with van der Waals surface area (Å²) in [4.78, 5) is 29.2. The summed E-state index contributed by atoms with van der Waals surface area (Å²) >= 11 is 0. The van der Waals surface area contributed by atoms with Gasteiger partial charge in [-0.25, -0.2) is 4.79 Å². The minimum Gasteiger partial charge on any atom is -0.465 e. The maximum absolute atomic E-state index is 13.3. The standard InChI is InChI=1S/C19H26N2O4/c1-13(2)21-16-6-5-14(17(22)24-4)11-15(16)12-19(21,3)18(23)20-7-9-25-10-8-20/h5-6,11,13H,7-10,12H2,1-4H3. The molecular formula is C19H26N2O4. The molecule has 0 aromatic heterocycles. The highest BCUT2D eigenvalue weighted by Crippen LogP contribution is 2.42. The molecule has 0 aliphatic carbocycles. The van der Waals surface area contributed by atoms with E-state index in [9.17, 15) is 9.59 Å². The van der Waals surface area contributed by atoms with E-state index >= 15 is 0 Å². The first kappa shape index (κ1) is 17.7. The molecule has 1 unspecified atom stereocenters. The van der Waals surface area contributed by atoms with E-state index in [1.165, 1.54) is 7.11 Å². The lowest BCUT2D eigenvalue weighted by Gasteiger charge is -2.42. The molecule has 0 N–H and O–H groups in total. The molecule has 1 amide bonds. The van der Waals surface area contributed by atoms with Crippen molar-refractivity contribution in [3.05, 3.63) is 29.3 Å². The topological polar surface area (TPSA) is 59.1 Å². The summed E-state index contributed by atoms with van der Waals surface area (Å²) in [5.41, 5.74) is 1.91. The highest BCUT2D eigenvalue weighted by Gasteiger charge is 2.48. The second-order valence-electron chi connectivity index (χ2n) is 7.15. The number of anilines is 1. The predicted octanol–water partition coefficient (Wildman–Crippen LogP) is 1.86. The van der Waals surface area contributed by atoms with Gasteiger partial charge in [0, 0.05) is 31.2 Å². The Morgan fingerprint density at radius 2 is 1.92 bits per heavy atom. The molecule has 1 aromatic carbocycles. The third-order valence-electron chi connectivity index (χ3n) is 5.10. The lowest BCUT2D eigenvalue weighted by molar-refractivity contribution is -0.140. The summed E-state index contributed by atoms with van der Waals surface area (Å²) in [5, 5.41) is 0. The van der Waals surface area contributed by atoms with Crippen LogP contribution < -0.4 is 4.90 Å². The Morgan fingerprint density at radius 1 is 1.24 bits per heavy atom. The number of hydrogen-bond donors (Lipinski definition) is 0. The molecule has 0 spiro atoms.